The van der Waals surface area contributed by atoms with Crippen molar-refractivity contribution in [2.75, 3.05) is 19.8 Å². The molecule has 0 aliphatic carbocycles. The summed E-state index contributed by atoms with van der Waals surface area (Å²) in [6.07, 6.45) is 2.87. The first kappa shape index (κ1) is 16.5. The van der Waals surface area contributed by atoms with Gasteiger partial charge in [-0.15, -0.1) is 0 Å². The second-order valence-electron chi connectivity index (χ2n) is 5.46. The fourth-order valence-electron chi connectivity index (χ4n) is 1.88. The van der Waals surface area contributed by atoms with Crippen LogP contribution in [0.15, 0.2) is 24.3 Å². The zero-order valence-electron chi connectivity index (χ0n) is 11.9. The summed E-state index contributed by atoms with van der Waals surface area (Å²) in [6.45, 7) is 6.14. The molecule has 0 fully saturated rings. The van der Waals surface area contributed by atoms with Crippen molar-refractivity contribution >= 4 is 11.6 Å². The number of aliphatic hydroxyl groups excluding tert-OH is 1. The van der Waals surface area contributed by atoms with Gasteiger partial charge in [-0.2, -0.15) is 0 Å². The highest BCUT2D eigenvalue weighted by Crippen LogP contribution is 2.15. The lowest BCUT2D eigenvalue weighted by Crippen LogP contribution is -2.13. The molecular weight excluding hydrogens is 260 g/mol. The third-order valence-electron chi connectivity index (χ3n) is 3.21. The monoisotopic (exact) mass is 284 g/mol. The van der Waals surface area contributed by atoms with Crippen molar-refractivity contribution in [2.45, 2.75) is 33.1 Å². The Balaban J connectivity index is 2.24. The Labute approximate surface area is 121 Å². The average molecular weight is 285 g/mol. The Morgan fingerprint density at radius 3 is 2.32 bits per heavy atom. The van der Waals surface area contributed by atoms with E-state index >= 15 is 0 Å². The minimum atomic E-state index is 0.205. The summed E-state index contributed by atoms with van der Waals surface area (Å²) in [5.41, 5.74) is 1.21. The van der Waals surface area contributed by atoms with Crippen molar-refractivity contribution in [1.82, 2.24) is 0 Å². The van der Waals surface area contributed by atoms with Crippen LogP contribution in [0.3, 0.4) is 0 Å². The van der Waals surface area contributed by atoms with Crippen molar-refractivity contribution in [1.29, 1.82) is 0 Å². The summed E-state index contributed by atoms with van der Waals surface area (Å²) in [5.74, 6) is 0.947. The Morgan fingerprint density at radius 1 is 1.11 bits per heavy atom. The van der Waals surface area contributed by atoms with Crippen molar-refractivity contribution in [3.05, 3.63) is 34.9 Å². The van der Waals surface area contributed by atoms with E-state index < -0.39 is 0 Å². The van der Waals surface area contributed by atoms with Gasteiger partial charge < -0.3 is 9.84 Å². The smallest absolute Gasteiger partial charge is 0.0469 e. The second-order valence-corrected chi connectivity index (χ2v) is 5.90. The van der Waals surface area contributed by atoms with Gasteiger partial charge in [0, 0.05) is 24.8 Å². The van der Waals surface area contributed by atoms with Crippen LogP contribution in [0, 0.1) is 11.8 Å². The zero-order chi connectivity index (χ0) is 14.1. The molecule has 1 unspecified atom stereocenters. The maximum absolute atomic E-state index is 9.41. The molecule has 0 aliphatic rings. The van der Waals surface area contributed by atoms with Crippen LogP contribution >= 0.6 is 11.6 Å². The molecule has 3 heteroatoms. The SMILES string of the molecule is CC(C)CCOCCC(CO)Cc1ccc(Cl)cc1. The molecule has 1 atom stereocenters. The van der Waals surface area contributed by atoms with Gasteiger partial charge >= 0.3 is 0 Å². The first-order valence-corrected chi connectivity index (χ1v) is 7.42. The third-order valence-corrected chi connectivity index (χ3v) is 3.46. The summed E-state index contributed by atoms with van der Waals surface area (Å²) < 4.78 is 5.60. The number of aliphatic hydroxyl groups is 1. The van der Waals surface area contributed by atoms with Gasteiger partial charge in [-0.25, -0.2) is 0 Å². The summed E-state index contributed by atoms with van der Waals surface area (Å²) in [6, 6.07) is 7.82. The highest BCUT2D eigenvalue weighted by Gasteiger charge is 2.08. The van der Waals surface area contributed by atoms with Crippen molar-refractivity contribution in [3.8, 4) is 0 Å². The quantitative estimate of drug-likeness (QED) is 0.696. The normalized spacial score (nSPS) is 12.9. The van der Waals surface area contributed by atoms with Gasteiger partial charge in [-0.05, 0) is 48.8 Å². The molecule has 0 amide bonds. The fourth-order valence-corrected chi connectivity index (χ4v) is 2.01. The second kappa shape index (κ2) is 9.35. The zero-order valence-corrected chi connectivity index (χ0v) is 12.7. The minimum absolute atomic E-state index is 0.205. The molecule has 1 aromatic rings. The molecular formula is C16H25ClO2. The number of benzene rings is 1. The van der Waals surface area contributed by atoms with E-state index in [-0.39, 0.29) is 12.5 Å². The predicted molar refractivity (Wildman–Crippen MR) is 80.6 cm³/mol. The third kappa shape index (κ3) is 7.56. The summed E-state index contributed by atoms with van der Waals surface area (Å²) in [5, 5.41) is 10.2. The van der Waals surface area contributed by atoms with E-state index in [0.29, 0.717) is 5.92 Å². The van der Waals surface area contributed by atoms with Gasteiger partial charge in [0.15, 0.2) is 0 Å². The van der Waals surface area contributed by atoms with E-state index in [1.54, 1.807) is 0 Å². The van der Waals surface area contributed by atoms with E-state index in [4.69, 9.17) is 16.3 Å². The standard InChI is InChI=1S/C16H25ClO2/c1-13(2)7-9-19-10-8-15(12-18)11-14-3-5-16(17)6-4-14/h3-6,13,15,18H,7-12H2,1-2H3. The molecule has 19 heavy (non-hydrogen) atoms. The summed E-state index contributed by atoms with van der Waals surface area (Å²) >= 11 is 5.86. The van der Waals surface area contributed by atoms with E-state index in [9.17, 15) is 5.11 Å². The lowest BCUT2D eigenvalue weighted by molar-refractivity contribution is 0.0984. The molecule has 0 aromatic heterocycles. The highest BCUT2D eigenvalue weighted by molar-refractivity contribution is 6.30. The van der Waals surface area contributed by atoms with Crippen molar-refractivity contribution in [3.63, 3.8) is 0 Å². The maximum Gasteiger partial charge on any atom is 0.0469 e. The molecule has 0 bridgehead atoms. The summed E-state index contributed by atoms with van der Waals surface area (Å²) in [7, 11) is 0. The van der Waals surface area contributed by atoms with Crippen LogP contribution in [0.25, 0.3) is 0 Å². The Morgan fingerprint density at radius 2 is 1.74 bits per heavy atom. The number of rotatable bonds is 9. The lowest BCUT2D eigenvalue weighted by atomic mass is 9.97. The first-order chi connectivity index (χ1) is 9.11. The molecule has 0 spiro atoms. The molecule has 0 aliphatic heterocycles. The molecule has 0 radical (unpaired) electrons. The molecule has 2 nitrogen and oxygen atoms in total. The number of hydrogen-bond acceptors (Lipinski definition) is 2. The van der Waals surface area contributed by atoms with Gasteiger partial charge in [-0.3, -0.25) is 0 Å². The highest BCUT2D eigenvalue weighted by atomic mass is 35.5. The topological polar surface area (TPSA) is 29.5 Å². The van der Waals surface area contributed by atoms with Crippen LogP contribution in [0.1, 0.15) is 32.3 Å². The van der Waals surface area contributed by atoms with Gasteiger partial charge in [0.05, 0.1) is 0 Å². The number of halogens is 1. The first-order valence-electron chi connectivity index (χ1n) is 7.05. The maximum atomic E-state index is 9.41. The molecule has 1 aromatic carbocycles. The van der Waals surface area contributed by atoms with Gasteiger partial charge in [0.2, 0.25) is 0 Å². The lowest BCUT2D eigenvalue weighted by Gasteiger charge is -2.14. The van der Waals surface area contributed by atoms with Gasteiger partial charge in [-0.1, -0.05) is 37.6 Å². The van der Waals surface area contributed by atoms with Gasteiger partial charge in [0.25, 0.3) is 0 Å². The van der Waals surface area contributed by atoms with Crippen LogP contribution in [-0.4, -0.2) is 24.9 Å². The number of ether oxygens (including phenoxy) is 1. The number of hydrogen-bond donors (Lipinski definition) is 1. The van der Waals surface area contributed by atoms with Gasteiger partial charge in [0.1, 0.15) is 0 Å². The molecule has 0 saturated heterocycles. The average Bonchev–Trinajstić information content (AvgIpc) is 2.39. The van der Waals surface area contributed by atoms with Crippen molar-refractivity contribution in [2.24, 2.45) is 11.8 Å². The van der Waals surface area contributed by atoms with Crippen LogP contribution in [0.2, 0.25) is 5.02 Å². The van der Waals surface area contributed by atoms with Crippen LogP contribution in [0.4, 0.5) is 0 Å². The Hall–Kier alpha value is -0.570. The van der Waals surface area contributed by atoms with E-state index in [1.807, 2.05) is 24.3 Å². The molecule has 0 saturated carbocycles. The summed E-state index contributed by atoms with van der Waals surface area (Å²) in [4.78, 5) is 0. The molecule has 1 N–H and O–H groups in total. The van der Waals surface area contributed by atoms with Crippen LogP contribution in [0.5, 0.6) is 0 Å². The minimum Gasteiger partial charge on any atom is -0.396 e. The van der Waals surface area contributed by atoms with Crippen LogP contribution < -0.4 is 0 Å². The largest absolute Gasteiger partial charge is 0.396 e. The van der Waals surface area contributed by atoms with Crippen LogP contribution in [-0.2, 0) is 11.2 Å². The molecule has 1 rings (SSSR count). The molecule has 108 valence electrons. The Kier molecular flexibility index (Phi) is 8.11. The fraction of sp³-hybridized carbons (Fsp3) is 0.625. The van der Waals surface area contributed by atoms with E-state index in [2.05, 4.69) is 13.8 Å². The molecule has 0 heterocycles. The predicted octanol–water partition coefficient (Wildman–Crippen LogP) is 3.94. The Bertz CT molecular complexity index is 335. The van der Waals surface area contributed by atoms with Crippen molar-refractivity contribution < 1.29 is 9.84 Å². The van der Waals surface area contributed by atoms with E-state index in [0.717, 1.165) is 37.5 Å². The van der Waals surface area contributed by atoms with E-state index in [1.165, 1.54) is 5.56 Å².